The van der Waals surface area contributed by atoms with Gasteiger partial charge in [0.2, 0.25) is 5.91 Å². The molecule has 7 aromatic carbocycles. The molecule has 0 unspecified atom stereocenters. The predicted molar refractivity (Wildman–Crippen MR) is 337 cm³/mol. The molecule has 2 heterocycles. The van der Waals surface area contributed by atoms with E-state index in [-0.39, 0.29) is 84.7 Å². The lowest BCUT2D eigenvalue weighted by Gasteiger charge is -2.22. The van der Waals surface area contributed by atoms with Gasteiger partial charge in [-0.2, -0.15) is 9.64 Å². The Morgan fingerprint density at radius 3 is 1.86 bits per heavy atom. The summed E-state index contributed by atoms with van der Waals surface area (Å²) in [5.74, 6) is -0.905. The van der Waals surface area contributed by atoms with Gasteiger partial charge in [-0.25, -0.2) is 0 Å². The molecular formula is C59H57ClN14O12S. The minimum Gasteiger partial charge on any atom is -0.464 e. The van der Waals surface area contributed by atoms with E-state index in [4.69, 9.17) is 32.5 Å². The number of carbonyl (C=O) groups excluding carboxylic acids is 2. The smallest absolute Gasteiger partial charge is 0.302 e. The Hall–Kier alpha value is -10.4. The van der Waals surface area contributed by atoms with E-state index in [9.17, 15) is 54.3 Å². The first-order valence-corrected chi connectivity index (χ1v) is 28.2. The number of nitro groups is 2. The minimum absolute atomic E-state index is 0.00749. The third kappa shape index (κ3) is 14.7. The number of carbonyl (C=O) groups is 2. The van der Waals surface area contributed by atoms with Crippen LogP contribution < -0.4 is 48.6 Å². The largest absolute Gasteiger partial charge is 0.464 e. The molecule has 1 amide bonds. The Kier molecular flexibility index (Phi) is 21.7. The van der Waals surface area contributed by atoms with Crippen molar-refractivity contribution >= 4 is 140 Å². The standard InChI is InChI=1S/C21H19N3O5.C19H19ClN6O3.C19H19N5O4S/c1-29-9-5-4-8-24-20(27)14-15(21(24)28)17(23)13-12(16(14)22)18(25)10-6-2-3-7-11(10)19(13)26;1-3-25(4-2)14-5-8-17(18(10-14)22-19(27)11-20)24-23-16-7-6-15(26(28)29)9-13(16)12-21;1-3-23(10-11-28-13(2)25)15-6-4-14(5-7-15)20-21-19-17-12-16(24(26)27)8-9-18(17)22-29-19/h2-3,6-7H,4-5,8-9,22-23H2,1H3;5-10H,3-4,11H2,1-2H3,(H,22,27);4-9,12H,3,10-11H2,1-2H3. The Labute approximate surface area is 503 Å². The van der Waals surface area contributed by atoms with E-state index in [1.165, 1.54) is 43.3 Å². The van der Waals surface area contributed by atoms with Crippen LogP contribution in [0.25, 0.3) is 43.2 Å². The van der Waals surface area contributed by atoms with Gasteiger partial charge < -0.3 is 36.1 Å². The van der Waals surface area contributed by atoms with Crippen molar-refractivity contribution in [1.82, 2.24) is 8.94 Å². The van der Waals surface area contributed by atoms with E-state index in [0.717, 1.165) is 53.2 Å². The molecule has 0 saturated heterocycles. The molecule has 87 heavy (non-hydrogen) atoms. The summed E-state index contributed by atoms with van der Waals surface area (Å²) in [6.07, 6.45) is 1.21. The summed E-state index contributed by atoms with van der Waals surface area (Å²) in [4.78, 5) is 99.5. The van der Waals surface area contributed by atoms with Gasteiger partial charge in [0.05, 0.1) is 71.8 Å². The average Bonchev–Trinajstić information content (AvgIpc) is 1.78. The maximum Gasteiger partial charge on any atom is 0.302 e. The zero-order valence-electron chi connectivity index (χ0n) is 47.6. The van der Waals surface area contributed by atoms with Gasteiger partial charge in [-0.15, -0.1) is 32.1 Å². The number of methoxy groups -OCH3 is 1. The van der Waals surface area contributed by atoms with Gasteiger partial charge >= 0.3 is 5.97 Å². The van der Waals surface area contributed by atoms with Crippen molar-refractivity contribution in [2.45, 2.75) is 47.1 Å². The zero-order chi connectivity index (χ0) is 63.1. The van der Waals surface area contributed by atoms with Gasteiger partial charge in [0.15, 0.2) is 15.9 Å². The molecular weight excluding hydrogens is 1160 g/mol. The first-order valence-electron chi connectivity index (χ1n) is 26.9. The third-order valence-electron chi connectivity index (χ3n) is 13.6. The van der Waals surface area contributed by atoms with Crippen LogP contribution in [0.1, 0.15) is 46.1 Å². The number of ether oxygens (including phenoxy) is 2. The van der Waals surface area contributed by atoms with E-state index in [1.807, 2.05) is 57.2 Å². The van der Waals surface area contributed by atoms with Crippen LogP contribution in [0.2, 0.25) is 0 Å². The SMILES string of the molecule is CCN(CC)c1ccc(N=Nc2ccc([N+](=O)[O-])cc2C#N)c(NC(=O)CCl)c1.CCN(CCOC(C)=O)c1ccc(N=Nc2snc3ccc([N+](=O)[O-])cc23)cc1.COCCCCn1c(=O)c2c(N)c3c(=O)c4ccccc4c(=O)c3c(N)c2c1=O. The predicted octanol–water partition coefficient (Wildman–Crippen LogP) is 10.8. The Balaban J connectivity index is 0.000000186. The van der Waals surface area contributed by atoms with E-state index in [1.54, 1.807) is 37.4 Å². The van der Waals surface area contributed by atoms with Crippen LogP contribution in [0.3, 0.4) is 0 Å². The first kappa shape index (κ1) is 64.1. The van der Waals surface area contributed by atoms with Crippen LogP contribution in [-0.4, -0.2) is 83.0 Å². The number of fused-ring (bicyclic) bond motifs is 4. The molecule has 0 aliphatic heterocycles. The second-order valence-corrected chi connectivity index (χ2v) is 19.9. The van der Waals surface area contributed by atoms with Gasteiger partial charge in [0, 0.05) is 98.6 Å². The summed E-state index contributed by atoms with van der Waals surface area (Å²) in [7, 11) is 1.57. The normalized spacial score (nSPS) is 11.1. The lowest BCUT2D eigenvalue weighted by atomic mass is 9.97. The van der Waals surface area contributed by atoms with Crippen molar-refractivity contribution in [1.29, 1.82) is 5.26 Å². The van der Waals surface area contributed by atoms with Gasteiger partial charge in [0.25, 0.3) is 22.5 Å². The number of hydrogen-bond donors (Lipinski definition) is 3. The fourth-order valence-electron chi connectivity index (χ4n) is 9.24. The summed E-state index contributed by atoms with van der Waals surface area (Å²) in [6.45, 7) is 11.4. The highest BCUT2D eigenvalue weighted by Crippen LogP contribution is 2.36. The number of nitrogens with one attached hydrogen (secondary N) is 1. The second kappa shape index (κ2) is 29.4. The molecule has 0 saturated carbocycles. The second-order valence-electron chi connectivity index (χ2n) is 18.9. The average molecular weight is 1220 g/mol. The van der Waals surface area contributed by atoms with Crippen LogP contribution in [0, 0.1) is 31.6 Å². The summed E-state index contributed by atoms with van der Waals surface area (Å²) in [5, 5.41) is 51.5. The lowest BCUT2D eigenvalue weighted by Crippen LogP contribution is -2.27. The fourth-order valence-corrected chi connectivity index (χ4v) is 9.99. The topological polar surface area (TPSA) is 369 Å². The molecule has 0 atom stereocenters. The number of hydrogen-bond acceptors (Lipinski definition) is 23. The highest BCUT2D eigenvalue weighted by Gasteiger charge is 2.25. The number of benzene rings is 7. The van der Waals surface area contributed by atoms with Crippen molar-refractivity contribution in [2.75, 3.05) is 79.0 Å². The molecule has 0 spiro atoms. The zero-order valence-corrected chi connectivity index (χ0v) is 49.2. The Bertz CT molecular complexity index is 4300. The fraction of sp³-hybridized carbons (Fsp3) is 0.254. The van der Waals surface area contributed by atoms with Crippen molar-refractivity contribution < 1.29 is 28.9 Å². The molecule has 0 aliphatic rings. The van der Waals surface area contributed by atoms with Crippen LogP contribution in [-0.2, 0) is 25.6 Å². The molecule has 0 fully saturated rings. The number of nitrogen functional groups attached to an aromatic ring is 2. The van der Waals surface area contributed by atoms with Crippen LogP contribution in [0.4, 0.5) is 61.9 Å². The number of rotatable bonds is 21. The summed E-state index contributed by atoms with van der Waals surface area (Å²) in [5.41, 5.74) is 13.8. The van der Waals surface area contributed by atoms with Crippen LogP contribution in [0.15, 0.2) is 143 Å². The van der Waals surface area contributed by atoms with Crippen LogP contribution >= 0.6 is 23.1 Å². The molecule has 5 N–H and O–H groups in total. The van der Waals surface area contributed by atoms with E-state index in [0.29, 0.717) is 65.6 Å². The maximum atomic E-state index is 13.0. The van der Waals surface area contributed by atoms with E-state index in [2.05, 4.69) is 39.9 Å². The number of nitrogens with zero attached hydrogens (tertiary/aromatic N) is 11. The lowest BCUT2D eigenvalue weighted by molar-refractivity contribution is -0.385. The molecule has 28 heteroatoms. The van der Waals surface area contributed by atoms with Gasteiger partial charge in [0.1, 0.15) is 29.9 Å². The number of anilines is 5. The monoisotopic (exact) mass is 1220 g/mol. The molecule has 9 rings (SSSR count). The minimum atomic E-state index is -0.603. The van der Waals surface area contributed by atoms with E-state index < -0.39 is 37.7 Å². The number of likely N-dealkylation sites (N-methyl/N-ethyl adjacent to an activating group) is 1. The number of esters is 1. The number of amides is 1. The number of aromatic nitrogens is 2. The highest BCUT2D eigenvalue weighted by molar-refractivity contribution is 7.11. The van der Waals surface area contributed by atoms with Gasteiger partial charge in [-0.1, -0.05) is 24.3 Å². The van der Waals surface area contributed by atoms with Crippen molar-refractivity contribution in [2.24, 2.45) is 20.5 Å². The van der Waals surface area contributed by atoms with E-state index >= 15 is 0 Å². The number of azo groups is 2. The third-order valence-corrected chi connectivity index (χ3v) is 14.6. The molecule has 9 aromatic rings. The molecule has 0 bridgehead atoms. The number of unbranched alkanes of at least 4 members (excludes halogenated alkanes) is 1. The first-order chi connectivity index (χ1) is 41.8. The molecule has 2 aromatic heterocycles. The maximum absolute atomic E-state index is 13.0. The number of alkyl halides is 1. The number of nitrogens with two attached hydrogens (primary N) is 2. The number of nitro benzene ring substituents is 2. The number of halogens is 1. The summed E-state index contributed by atoms with van der Waals surface area (Å²) < 4.78 is 15.3. The Morgan fingerprint density at radius 2 is 1.30 bits per heavy atom. The van der Waals surface area contributed by atoms with Crippen molar-refractivity contribution in [3.8, 4) is 6.07 Å². The molecule has 0 radical (unpaired) electrons. The van der Waals surface area contributed by atoms with Gasteiger partial charge in [-0.05, 0) is 99.7 Å². The van der Waals surface area contributed by atoms with Crippen LogP contribution in [0.5, 0.6) is 0 Å². The molecule has 26 nitrogen and oxygen atoms in total. The quantitative estimate of drug-likeness (QED) is 0.00692. The number of nitriles is 1. The van der Waals surface area contributed by atoms with Gasteiger partial charge in [-0.3, -0.25) is 53.6 Å². The summed E-state index contributed by atoms with van der Waals surface area (Å²) >= 11 is 6.74. The highest BCUT2D eigenvalue weighted by atomic mass is 35.5. The van der Waals surface area contributed by atoms with Crippen molar-refractivity contribution in [3.05, 3.63) is 170 Å². The molecule has 0 aliphatic carbocycles. The Morgan fingerprint density at radius 1 is 0.724 bits per heavy atom. The van der Waals surface area contributed by atoms with Crippen molar-refractivity contribution in [3.63, 3.8) is 0 Å². The molecule has 448 valence electrons. The summed E-state index contributed by atoms with van der Waals surface area (Å²) in [6, 6.07) is 29.2. The number of non-ortho nitro benzene ring substituents is 2.